The zero-order chi connectivity index (χ0) is 18.5. The van der Waals surface area contributed by atoms with Gasteiger partial charge in [-0.05, 0) is 43.5 Å². The highest BCUT2D eigenvalue weighted by atomic mass is 16.3. The summed E-state index contributed by atoms with van der Waals surface area (Å²) in [6.07, 6.45) is 6.13. The molecule has 1 aromatic carbocycles. The molecule has 0 saturated heterocycles. The minimum absolute atomic E-state index is 0.0896. The zero-order valence-electron chi connectivity index (χ0n) is 15.6. The van der Waals surface area contributed by atoms with Crippen molar-refractivity contribution in [1.29, 1.82) is 0 Å². The van der Waals surface area contributed by atoms with Crippen LogP contribution in [-0.2, 0) is 7.05 Å². The zero-order valence-corrected chi connectivity index (χ0v) is 15.6. The normalized spacial score (nSPS) is 13.4. The second kappa shape index (κ2) is 5.88. The number of nitrogens with zero attached hydrogens (tertiary/aromatic N) is 4. The number of pyridine rings is 1. The predicted molar refractivity (Wildman–Crippen MR) is 107 cm³/mol. The molecule has 0 fully saturated rings. The highest BCUT2D eigenvalue weighted by molar-refractivity contribution is 6.83. The third-order valence-electron chi connectivity index (χ3n) is 5.43. The molecule has 5 rings (SSSR count). The summed E-state index contributed by atoms with van der Waals surface area (Å²) >= 11 is 0. The Bertz CT molecular complexity index is 1270. The van der Waals surface area contributed by atoms with Crippen LogP contribution in [0.3, 0.4) is 0 Å². The Morgan fingerprint density at radius 1 is 1.07 bits per heavy atom. The number of rotatable bonds is 2. The number of hydrogen-bond donors (Lipinski definition) is 0. The van der Waals surface area contributed by atoms with Crippen LogP contribution in [-0.4, -0.2) is 28.3 Å². The minimum Gasteiger partial charge on any atom is -0.439 e. The third-order valence-corrected chi connectivity index (χ3v) is 5.43. The third kappa shape index (κ3) is 2.40. The van der Waals surface area contributed by atoms with Gasteiger partial charge in [0.05, 0.1) is 7.05 Å². The van der Waals surface area contributed by atoms with Crippen molar-refractivity contribution >= 4 is 35.7 Å². The molecular formula is C21H20BN4O+. The molecule has 1 aliphatic heterocycles. The van der Waals surface area contributed by atoms with Gasteiger partial charge in [0.2, 0.25) is 5.71 Å². The van der Waals surface area contributed by atoms with Gasteiger partial charge in [0.15, 0.2) is 0 Å². The fourth-order valence-corrected chi connectivity index (χ4v) is 3.85. The summed E-state index contributed by atoms with van der Waals surface area (Å²) < 4.78 is 10.5. The van der Waals surface area contributed by atoms with E-state index in [-0.39, 0.29) is 6.85 Å². The van der Waals surface area contributed by atoms with Crippen molar-refractivity contribution in [2.24, 2.45) is 7.05 Å². The van der Waals surface area contributed by atoms with E-state index in [0.717, 1.165) is 21.7 Å². The van der Waals surface area contributed by atoms with Gasteiger partial charge in [-0.15, -0.1) is 0 Å². The van der Waals surface area contributed by atoms with Crippen LogP contribution in [0.25, 0.3) is 29.0 Å². The van der Waals surface area contributed by atoms with Crippen LogP contribution in [0.5, 0.6) is 0 Å². The SMILES string of the molecule is Cc1n(C)c(B2C=c3oc4ncccc4c3=CN2C)c[n+]1-c1ccccc1. The second-order valence-corrected chi connectivity index (χ2v) is 7.01. The molecule has 4 aromatic rings. The number of hydrogen-bond acceptors (Lipinski definition) is 3. The molecule has 0 bridgehead atoms. The maximum Gasteiger partial charge on any atom is 0.371 e. The monoisotopic (exact) mass is 355 g/mol. The molecule has 0 N–H and O–H groups in total. The standard InChI is InChI=1S/C21H20BN4O/c1-15-25(3)20(14-26(15)16-8-5-4-6-9-16)22-12-19-18(13-24(22)2)17-10-7-11-23-21(17)27-19/h4-14H,1-3H3/q+1. The Kier molecular flexibility index (Phi) is 3.47. The predicted octanol–water partition coefficient (Wildman–Crippen LogP) is 0.653. The molecule has 0 amide bonds. The molecule has 0 aliphatic carbocycles. The highest BCUT2D eigenvalue weighted by Crippen LogP contribution is 2.08. The molecule has 5 nitrogen and oxygen atoms in total. The Morgan fingerprint density at radius 3 is 2.70 bits per heavy atom. The first-order valence-corrected chi connectivity index (χ1v) is 9.06. The summed E-state index contributed by atoms with van der Waals surface area (Å²) in [4.78, 5) is 6.58. The maximum atomic E-state index is 6.01. The Labute approximate surface area is 157 Å². The van der Waals surface area contributed by atoms with E-state index >= 15 is 0 Å². The largest absolute Gasteiger partial charge is 0.439 e. The summed E-state index contributed by atoms with van der Waals surface area (Å²) in [5.74, 6) is 3.36. The molecule has 0 unspecified atom stereocenters. The van der Waals surface area contributed by atoms with E-state index in [0.29, 0.717) is 5.71 Å². The minimum atomic E-state index is 0.0896. The number of aromatic nitrogens is 3. The number of imidazole rings is 1. The molecule has 27 heavy (non-hydrogen) atoms. The van der Waals surface area contributed by atoms with Crippen LogP contribution in [0.4, 0.5) is 0 Å². The molecule has 0 atom stereocenters. The van der Waals surface area contributed by atoms with E-state index in [9.17, 15) is 0 Å². The molecule has 0 radical (unpaired) electrons. The van der Waals surface area contributed by atoms with Crippen LogP contribution < -0.4 is 20.8 Å². The number of fused-ring (bicyclic) bond motifs is 3. The summed E-state index contributed by atoms with van der Waals surface area (Å²) in [5.41, 5.74) is 3.94. The van der Waals surface area contributed by atoms with Gasteiger partial charge in [-0.25, -0.2) is 14.1 Å². The van der Waals surface area contributed by atoms with E-state index < -0.39 is 0 Å². The van der Waals surface area contributed by atoms with E-state index in [1.165, 1.54) is 11.4 Å². The molecule has 1 aliphatic rings. The van der Waals surface area contributed by atoms with E-state index in [1.54, 1.807) is 6.20 Å². The number of benzene rings is 1. The van der Waals surface area contributed by atoms with E-state index in [2.05, 4.69) is 88.7 Å². The van der Waals surface area contributed by atoms with Crippen LogP contribution in [0.2, 0.25) is 0 Å². The van der Waals surface area contributed by atoms with Crippen LogP contribution in [0.1, 0.15) is 5.82 Å². The fourth-order valence-electron chi connectivity index (χ4n) is 3.85. The van der Waals surface area contributed by atoms with Crippen molar-refractivity contribution < 1.29 is 8.98 Å². The lowest BCUT2D eigenvalue weighted by atomic mass is 9.56. The van der Waals surface area contributed by atoms with Crippen LogP contribution >= 0.6 is 0 Å². The van der Waals surface area contributed by atoms with Crippen LogP contribution in [0, 0.1) is 6.92 Å². The number of para-hydroxylation sites is 1. The summed E-state index contributed by atoms with van der Waals surface area (Å²) in [6.45, 7) is 2.23. The topological polar surface area (TPSA) is 38.1 Å². The summed E-state index contributed by atoms with van der Waals surface area (Å²) in [5, 5.41) is 2.15. The lowest BCUT2D eigenvalue weighted by Crippen LogP contribution is -2.50. The quantitative estimate of drug-likeness (QED) is 0.392. The van der Waals surface area contributed by atoms with E-state index in [4.69, 9.17) is 4.42 Å². The Morgan fingerprint density at radius 2 is 1.89 bits per heavy atom. The van der Waals surface area contributed by atoms with Crippen molar-refractivity contribution in [3.63, 3.8) is 0 Å². The summed E-state index contributed by atoms with van der Waals surface area (Å²) in [6, 6.07) is 14.4. The lowest BCUT2D eigenvalue weighted by molar-refractivity contribution is -0.601. The van der Waals surface area contributed by atoms with Crippen molar-refractivity contribution in [2.45, 2.75) is 6.92 Å². The first-order chi connectivity index (χ1) is 13.1. The Balaban J connectivity index is 1.68. The van der Waals surface area contributed by atoms with Crippen LogP contribution in [0.15, 0.2) is 59.3 Å². The Hall–Kier alpha value is -3.28. The first kappa shape index (κ1) is 15.9. The average Bonchev–Trinajstić information content (AvgIpc) is 3.20. The van der Waals surface area contributed by atoms with Crippen molar-refractivity contribution in [3.05, 3.63) is 71.3 Å². The number of furan rings is 1. The molecule has 132 valence electrons. The van der Waals surface area contributed by atoms with Gasteiger partial charge in [-0.3, -0.25) is 0 Å². The molecule has 0 saturated carbocycles. The van der Waals surface area contributed by atoms with Gasteiger partial charge in [0.25, 0.3) is 5.82 Å². The van der Waals surface area contributed by atoms with Crippen molar-refractivity contribution in [1.82, 2.24) is 14.4 Å². The second-order valence-electron chi connectivity index (χ2n) is 7.01. The van der Waals surface area contributed by atoms with Gasteiger partial charge in [0, 0.05) is 23.7 Å². The van der Waals surface area contributed by atoms with Gasteiger partial charge in [-0.2, -0.15) is 0 Å². The molecule has 4 heterocycles. The molecular weight excluding hydrogens is 335 g/mol. The van der Waals surface area contributed by atoms with E-state index in [1.807, 2.05) is 12.1 Å². The lowest BCUT2D eigenvalue weighted by Gasteiger charge is -2.20. The first-order valence-electron chi connectivity index (χ1n) is 9.06. The average molecular weight is 355 g/mol. The van der Waals surface area contributed by atoms with Crippen molar-refractivity contribution in [2.75, 3.05) is 7.05 Å². The van der Waals surface area contributed by atoms with Gasteiger partial charge in [0.1, 0.15) is 22.9 Å². The van der Waals surface area contributed by atoms with Gasteiger partial charge < -0.3 is 9.23 Å². The molecule has 6 heteroatoms. The maximum absolute atomic E-state index is 6.01. The smallest absolute Gasteiger partial charge is 0.371 e. The summed E-state index contributed by atoms with van der Waals surface area (Å²) in [7, 11) is 4.22. The molecule has 3 aromatic heterocycles. The van der Waals surface area contributed by atoms with Gasteiger partial charge in [-0.1, -0.05) is 18.2 Å². The van der Waals surface area contributed by atoms with Crippen molar-refractivity contribution in [3.8, 4) is 5.69 Å². The molecule has 0 spiro atoms. The fraction of sp³-hybridized carbons (Fsp3) is 0.143. The highest BCUT2D eigenvalue weighted by Gasteiger charge is 2.32. The van der Waals surface area contributed by atoms with Gasteiger partial charge >= 0.3 is 6.85 Å².